The highest BCUT2D eigenvalue weighted by atomic mass is 32.2. The summed E-state index contributed by atoms with van der Waals surface area (Å²) in [5, 5.41) is 2.48. The quantitative estimate of drug-likeness (QED) is 0.241. The lowest BCUT2D eigenvalue weighted by atomic mass is 9.89. The molecule has 0 fully saturated rings. The molecule has 0 saturated heterocycles. The first-order valence-electron chi connectivity index (χ1n) is 12.7. The number of allylic oxidation sites excluding steroid dienone is 3. The van der Waals surface area contributed by atoms with Crippen LogP contribution in [-0.2, 0) is 0 Å². The van der Waals surface area contributed by atoms with Crippen LogP contribution >= 0.6 is 11.8 Å². The second-order valence-electron chi connectivity index (χ2n) is 9.58. The van der Waals surface area contributed by atoms with Crippen LogP contribution in [0.15, 0.2) is 125 Å². The van der Waals surface area contributed by atoms with E-state index in [1.54, 1.807) is 0 Å². The van der Waals surface area contributed by atoms with Crippen LogP contribution in [0.2, 0.25) is 0 Å². The molecule has 2 unspecified atom stereocenters. The van der Waals surface area contributed by atoms with E-state index in [-0.39, 0.29) is 0 Å². The largest absolute Gasteiger partial charge is 0.456 e. The molecular weight excluding hydrogens is 486 g/mol. The summed E-state index contributed by atoms with van der Waals surface area (Å²) in [4.78, 5) is 16.4. The van der Waals surface area contributed by atoms with E-state index in [1.807, 2.05) is 72.4 Å². The molecule has 4 nitrogen and oxygen atoms in total. The highest BCUT2D eigenvalue weighted by Gasteiger charge is 2.32. The van der Waals surface area contributed by atoms with Gasteiger partial charge in [0.15, 0.2) is 17.5 Å². The summed E-state index contributed by atoms with van der Waals surface area (Å²) in [6.45, 7) is 0. The number of furan rings is 1. The van der Waals surface area contributed by atoms with E-state index >= 15 is 0 Å². The molecule has 1 aliphatic heterocycles. The first kappa shape index (κ1) is 21.6. The maximum atomic E-state index is 6.16. The number of hydrogen-bond donors (Lipinski definition) is 0. The standard InChI is InChI=1S/C33H21N3OS/c1-2-9-20(10-3-1)31-34-32(21-17-18-29-25(19-21)22-11-5-7-16-28(22)38-29)36-33(35-31)24-13-8-15-27-30(24)23-12-4-6-14-26(23)37-27/h1-19,25,29H. The molecule has 3 heterocycles. The number of aromatic nitrogens is 3. The first-order chi connectivity index (χ1) is 18.8. The number of fused-ring (bicyclic) bond motifs is 6. The number of para-hydroxylation sites is 1. The molecule has 0 bridgehead atoms. The lowest BCUT2D eigenvalue weighted by molar-refractivity contribution is 0.669. The van der Waals surface area contributed by atoms with Gasteiger partial charge in [0.25, 0.3) is 0 Å². The molecule has 0 N–H and O–H groups in total. The maximum absolute atomic E-state index is 6.16. The molecule has 4 aromatic carbocycles. The van der Waals surface area contributed by atoms with Crippen LogP contribution < -0.4 is 0 Å². The second-order valence-corrected chi connectivity index (χ2v) is 10.8. The predicted octanol–water partition coefficient (Wildman–Crippen LogP) is 8.32. The smallest absolute Gasteiger partial charge is 0.164 e. The van der Waals surface area contributed by atoms with Gasteiger partial charge in [-0.1, -0.05) is 97.1 Å². The van der Waals surface area contributed by atoms with Gasteiger partial charge >= 0.3 is 0 Å². The third-order valence-electron chi connectivity index (χ3n) is 7.29. The van der Waals surface area contributed by atoms with Gasteiger partial charge < -0.3 is 4.42 Å². The second kappa shape index (κ2) is 8.54. The van der Waals surface area contributed by atoms with Crippen molar-refractivity contribution in [2.45, 2.75) is 16.1 Å². The van der Waals surface area contributed by atoms with Crippen LogP contribution in [0, 0.1) is 0 Å². The lowest BCUT2D eigenvalue weighted by Crippen LogP contribution is -2.11. The highest BCUT2D eigenvalue weighted by molar-refractivity contribution is 8.00. The third-order valence-corrected chi connectivity index (χ3v) is 8.64. The molecule has 5 heteroatoms. The van der Waals surface area contributed by atoms with Crippen molar-refractivity contribution in [3.63, 3.8) is 0 Å². The van der Waals surface area contributed by atoms with Crippen LogP contribution in [0.4, 0.5) is 0 Å². The summed E-state index contributed by atoms with van der Waals surface area (Å²) < 4.78 is 6.16. The van der Waals surface area contributed by atoms with Crippen LogP contribution in [-0.4, -0.2) is 20.2 Å². The summed E-state index contributed by atoms with van der Waals surface area (Å²) >= 11 is 1.93. The summed E-state index contributed by atoms with van der Waals surface area (Å²) in [5.41, 5.74) is 5.97. The van der Waals surface area contributed by atoms with Crippen molar-refractivity contribution in [1.29, 1.82) is 0 Å². The van der Waals surface area contributed by atoms with Gasteiger partial charge in [0.2, 0.25) is 0 Å². The van der Waals surface area contributed by atoms with Gasteiger partial charge in [-0.3, -0.25) is 0 Å². The Morgan fingerprint density at radius 1 is 0.658 bits per heavy atom. The Labute approximate surface area is 223 Å². The normalized spacial score (nSPS) is 17.9. The van der Waals surface area contributed by atoms with Gasteiger partial charge in [-0.25, -0.2) is 15.0 Å². The van der Waals surface area contributed by atoms with Crippen molar-refractivity contribution in [1.82, 2.24) is 15.0 Å². The monoisotopic (exact) mass is 507 g/mol. The van der Waals surface area contributed by atoms with Gasteiger partial charge in [-0.2, -0.15) is 0 Å². The number of rotatable bonds is 3. The Kier molecular flexibility index (Phi) is 4.85. The molecule has 180 valence electrons. The molecule has 1 aliphatic carbocycles. The zero-order valence-electron chi connectivity index (χ0n) is 20.3. The molecule has 38 heavy (non-hydrogen) atoms. The van der Waals surface area contributed by atoms with E-state index in [2.05, 4.69) is 54.6 Å². The third kappa shape index (κ3) is 3.43. The Hall–Kier alpha value is -4.48. The molecule has 0 saturated carbocycles. The summed E-state index contributed by atoms with van der Waals surface area (Å²) in [7, 11) is 0. The van der Waals surface area contributed by atoms with Gasteiger partial charge in [-0.05, 0) is 23.8 Å². The van der Waals surface area contributed by atoms with Crippen molar-refractivity contribution in [2.24, 2.45) is 0 Å². The highest BCUT2D eigenvalue weighted by Crippen LogP contribution is 2.49. The van der Waals surface area contributed by atoms with Crippen molar-refractivity contribution in [2.75, 3.05) is 0 Å². The van der Waals surface area contributed by atoms with Crippen LogP contribution in [0.3, 0.4) is 0 Å². The SMILES string of the molecule is C1=CC2Sc3ccccc3C2C=C1c1nc(-c2ccccc2)nc(-c2cccc3oc4ccccc4c23)n1. The molecule has 8 rings (SSSR count). The van der Waals surface area contributed by atoms with E-state index in [0.29, 0.717) is 28.6 Å². The fourth-order valence-electron chi connectivity index (χ4n) is 5.50. The fourth-order valence-corrected chi connectivity index (χ4v) is 6.82. The topological polar surface area (TPSA) is 51.8 Å². The number of thioether (sulfide) groups is 1. The maximum Gasteiger partial charge on any atom is 0.164 e. The van der Waals surface area contributed by atoms with Crippen molar-refractivity contribution >= 4 is 39.3 Å². The Bertz CT molecular complexity index is 1920. The number of hydrogen-bond acceptors (Lipinski definition) is 5. The fraction of sp³-hybridized carbons (Fsp3) is 0.0606. The molecule has 2 atom stereocenters. The van der Waals surface area contributed by atoms with Gasteiger partial charge in [0, 0.05) is 43.5 Å². The summed E-state index contributed by atoms with van der Waals surface area (Å²) in [6, 6.07) is 33.0. The van der Waals surface area contributed by atoms with Crippen LogP contribution in [0.1, 0.15) is 17.3 Å². The van der Waals surface area contributed by atoms with Crippen molar-refractivity contribution in [3.05, 3.63) is 127 Å². The summed E-state index contributed by atoms with van der Waals surface area (Å²) in [6.07, 6.45) is 6.79. The number of benzene rings is 4. The van der Waals surface area contributed by atoms with Gasteiger partial charge in [0.1, 0.15) is 11.2 Å². The molecular formula is C33H21N3OS. The van der Waals surface area contributed by atoms with E-state index in [1.165, 1.54) is 10.5 Å². The Morgan fingerprint density at radius 2 is 1.42 bits per heavy atom. The first-order valence-corrected chi connectivity index (χ1v) is 13.6. The summed E-state index contributed by atoms with van der Waals surface area (Å²) in [5.74, 6) is 2.29. The average Bonchev–Trinajstić information content (AvgIpc) is 3.55. The van der Waals surface area contributed by atoms with Crippen LogP contribution in [0.25, 0.3) is 50.3 Å². The molecule has 2 aliphatic rings. The Balaban J connectivity index is 1.34. The van der Waals surface area contributed by atoms with Gasteiger partial charge in [-0.15, -0.1) is 11.8 Å². The van der Waals surface area contributed by atoms with Crippen molar-refractivity contribution < 1.29 is 4.42 Å². The molecule has 2 aromatic heterocycles. The zero-order chi connectivity index (χ0) is 25.1. The molecule has 0 spiro atoms. The van der Waals surface area contributed by atoms with E-state index in [9.17, 15) is 0 Å². The van der Waals surface area contributed by atoms with Crippen molar-refractivity contribution in [3.8, 4) is 22.8 Å². The lowest BCUT2D eigenvalue weighted by Gasteiger charge is -2.19. The van der Waals surface area contributed by atoms with E-state index < -0.39 is 0 Å². The average molecular weight is 508 g/mol. The minimum atomic E-state index is 0.304. The molecule has 6 aromatic rings. The van der Waals surface area contributed by atoms with E-state index in [0.717, 1.165) is 38.6 Å². The van der Waals surface area contributed by atoms with Crippen LogP contribution in [0.5, 0.6) is 0 Å². The molecule has 0 radical (unpaired) electrons. The predicted molar refractivity (Wildman–Crippen MR) is 154 cm³/mol. The zero-order valence-corrected chi connectivity index (χ0v) is 21.1. The molecule has 0 amide bonds. The van der Waals surface area contributed by atoms with E-state index in [4.69, 9.17) is 19.4 Å². The van der Waals surface area contributed by atoms with Gasteiger partial charge in [0.05, 0.1) is 0 Å². The number of nitrogens with zero attached hydrogens (tertiary/aromatic N) is 3. The Morgan fingerprint density at radius 3 is 2.37 bits per heavy atom. The minimum Gasteiger partial charge on any atom is -0.456 e. The minimum absolute atomic E-state index is 0.304.